The van der Waals surface area contributed by atoms with Crippen LogP contribution < -0.4 is 25.2 Å². The number of carbonyl (C=O) groups excluding carboxylic acids is 2. The molecule has 0 bridgehead atoms. The Hall–Kier alpha value is -4.44. The van der Waals surface area contributed by atoms with Gasteiger partial charge >= 0.3 is 5.63 Å². The summed E-state index contributed by atoms with van der Waals surface area (Å²) in [6, 6.07) is 17.9. The van der Waals surface area contributed by atoms with Crippen molar-refractivity contribution in [3.63, 3.8) is 0 Å². The van der Waals surface area contributed by atoms with Crippen LogP contribution in [0.25, 0.3) is 11.0 Å². The smallest absolute Gasteiger partial charge is 0.349 e. The van der Waals surface area contributed by atoms with Gasteiger partial charge in [0.15, 0.2) is 11.5 Å². The first kappa shape index (κ1) is 35.9. The normalized spacial score (nSPS) is 17.3. The SMILES string of the molecule is COc1cccc(CCN(C(=O)c2cc3ccccc3oc2=O)[C@@H]2CC(C(=O)NCCO)=C[C@H](Oc3c(I)cc(CO)cc3OC)[C@H]2O)c1. The van der Waals surface area contributed by atoms with Gasteiger partial charge in [0.25, 0.3) is 5.91 Å². The van der Waals surface area contributed by atoms with Gasteiger partial charge in [0, 0.05) is 30.5 Å². The molecule has 0 unspecified atom stereocenters. The van der Waals surface area contributed by atoms with Crippen LogP contribution in [0.5, 0.6) is 17.2 Å². The Labute approximate surface area is 296 Å². The lowest BCUT2D eigenvalue weighted by atomic mass is 9.87. The molecule has 1 heterocycles. The summed E-state index contributed by atoms with van der Waals surface area (Å²) in [5.74, 6) is -0.0207. The lowest BCUT2D eigenvalue weighted by molar-refractivity contribution is -0.118. The fourth-order valence-corrected chi connectivity index (χ4v) is 6.55. The molecule has 13 heteroatoms. The maximum absolute atomic E-state index is 14.4. The molecule has 12 nitrogen and oxygen atoms in total. The van der Waals surface area contributed by atoms with E-state index in [0.29, 0.717) is 38.0 Å². The van der Waals surface area contributed by atoms with Gasteiger partial charge in [-0.2, -0.15) is 0 Å². The summed E-state index contributed by atoms with van der Waals surface area (Å²) < 4.78 is 23.3. The largest absolute Gasteiger partial charge is 0.497 e. The molecule has 1 aliphatic carbocycles. The lowest BCUT2D eigenvalue weighted by Crippen LogP contribution is -2.56. The molecule has 1 aromatic heterocycles. The minimum atomic E-state index is -1.38. The van der Waals surface area contributed by atoms with E-state index in [4.69, 9.17) is 18.6 Å². The molecule has 4 N–H and O–H groups in total. The van der Waals surface area contributed by atoms with Crippen LogP contribution in [0, 0.1) is 3.57 Å². The second-order valence-electron chi connectivity index (χ2n) is 11.4. The Morgan fingerprint density at radius 1 is 1.02 bits per heavy atom. The van der Waals surface area contributed by atoms with Crippen LogP contribution in [0.15, 0.2) is 87.6 Å². The number of aliphatic hydroxyl groups is 3. The highest BCUT2D eigenvalue weighted by Crippen LogP contribution is 2.37. The molecule has 2 amide bonds. The van der Waals surface area contributed by atoms with Crippen molar-refractivity contribution >= 4 is 45.4 Å². The van der Waals surface area contributed by atoms with Gasteiger partial charge in [-0.05, 0) is 82.6 Å². The molecule has 0 saturated heterocycles. The van der Waals surface area contributed by atoms with Crippen LogP contribution in [0.3, 0.4) is 0 Å². The predicted octanol–water partition coefficient (Wildman–Crippen LogP) is 3.21. The average molecular weight is 785 g/mol. The molecule has 1 aliphatic rings. The van der Waals surface area contributed by atoms with Crippen molar-refractivity contribution in [1.29, 1.82) is 0 Å². The van der Waals surface area contributed by atoms with Crippen LogP contribution in [0.4, 0.5) is 0 Å². The average Bonchev–Trinajstić information content (AvgIpc) is 3.12. The van der Waals surface area contributed by atoms with E-state index in [1.807, 2.05) is 40.8 Å². The van der Waals surface area contributed by atoms with Gasteiger partial charge in [0.1, 0.15) is 29.1 Å². The second-order valence-corrected chi connectivity index (χ2v) is 12.5. The van der Waals surface area contributed by atoms with Crippen LogP contribution in [0.2, 0.25) is 0 Å². The second kappa shape index (κ2) is 16.3. The summed E-state index contributed by atoms with van der Waals surface area (Å²) >= 11 is 2.03. The maximum atomic E-state index is 14.4. The lowest BCUT2D eigenvalue weighted by Gasteiger charge is -2.40. The van der Waals surface area contributed by atoms with Gasteiger partial charge in [0.2, 0.25) is 5.91 Å². The minimum absolute atomic E-state index is 0.0140. The summed E-state index contributed by atoms with van der Waals surface area (Å²) in [5.41, 5.74) is 0.872. The molecule has 3 aromatic carbocycles. The van der Waals surface area contributed by atoms with Crippen LogP contribution >= 0.6 is 22.6 Å². The molecule has 0 fully saturated rings. The fourth-order valence-electron chi connectivity index (χ4n) is 5.76. The third-order valence-corrected chi connectivity index (χ3v) is 9.05. The number of benzene rings is 3. The summed E-state index contributed by atoms with van der Waals surface area (Å²) in [6.07, 6.45) is -0.817. The van der Waals surface area contributed by atoms with Crippen molar-refractivity contribution in [2.24, 2.45) is 0 Å². The Balaban J connectivity index is 1.58. The first-order valence-corrected chi connectivity index (χ1v) is 16.6. The topological polar surface area (TPSA) is 168 Å². The number of methoxy groups -OCH3 is 2. The number of para-hydroxylation sites is 1. The minimum Gasteiger partial charge on any atom is -0.497 e. The number of nitrogens with one attached hydrogen (secondary N) is 1. The fraction of sp³-hybridized carbons (Fsp3) is 0.306. The standard InChI is InChI=1S/C36H37IN2O10/c1-46-25-8-5-6-21(14-25)10-12-39(35(44)26-17-23-7-3-4-9-29(23)49-36(26)45)28-18-24(34(43)38-11-13-40)19-30(32(28)42)48-33-27(37)15-22(20-41)16-31(33)47-2/h3-9,14-17,19,28,30,32,40-42H,10-13,18,20H2,1-2H3,(H,38,43)/t28-,30+,32+/m1/s1. The van der Waals surface area contributed by atoms with E-state index in [2.05, 4.69) is 5.32 Å². The third-order valence-electron chi connectivity index (χ3n) is 8.25. The Morgan fingerprint density at radius 3 is 2.55 bits per heavy atom. The summed E-state index contributed by atoms with van der Waals surface area (Å²) in [6.45, 7) is -0.492. The van der Waals surface area contributed by atoms with Crippen molar-refractivity contribution in [1.82, 2.24) is 10.2 Å². The molecule has 4 aromatic rings. The number of hydrogen-bond acceptors (Lipinski definition) is 10. The molecule has 0 spiro atoms. The summed E-state index contributed by atoms with van der Waals surface area (Å²) in [5, 5.41) is 34.2. The van der Waals surface area contributed by atoms with Gasteiger partial charge in [-0.15, -0.1) is 0 Å². The molecule has 3 atom stereocenters. The van der Waals surface area contributed by atoms with Crippen molar-refractivity contribution < 1.29 is 43.5 Å². The first-order valence-electron chi connectivity index (χ1n) is 15.6. The maximum Gasteiger partial charge on any atom is 0.349 e. The summed E-state index contributed by atoms with van der Waals surface area (Å²) in [7, 11) is 2.99. The zero-order chi connectivity index (χ0) is 35.1. The molecule has 0 saturated carbocycles. The van der Waals surface area contributed by atoms with E-state index in [0.717, 1.165) is 5.56 Å². The van der Waals surface area contributed by atoms with E-state index in [1.165, 1.54) is 24.2 Å². The molecular weight excluding hydrogens is 747 g/mol. The highest BCUT2D eigenvalue weighted by Gasteiger charge is 2.41. The molecule has 258 valence electrons. The molecule has 49 heavy (non-hydrogen) atoms. The zero-order valence-electron chi connectivity index (χ0n) is 26.9. The number of hydrogen-bond donors (Lipinski definition) is 4. The van der Waals surface area contributed by atoms with E-state index >= 15 is 0 Å². The Bertz CT molecular complexity index is 1910. The number of halogens is 1. The van der Waals surface area contributed by atoms with Crippen molar-refractivity contribution in [2.45, 2.75) is 37.7 Å². The quantitative estimate of drug-likeness (QED) is 0.117. The van der Waals surface area contributed by atoms with E-state index in [9.17, 15) is 29.7 Å². The van der Waals surface area contributed by atoms with Gasteiger partial charge < -0.3 is 44.2 Å². The van der Waals surface area contributed by atoms with Gasteiger partial charge in [-0.1, -0.05) is 30.3 Å². The van der Waals surface area contributed by atoms with Crippen LogP contribution in [-0.2, 0) is 17.8 Å². The van der Waals surface area contributed by atoms with Gasteiger partial charge in [-0.25, -0.2) is 4.79 Å². The first-order chi connectivity index (χ1) is 23.7. The zero-order valence-corrected chi connectivity index (χ0v) is 29.1. The van der Waals surface area contributed by atoms with E-state index < -0.39 is 35.7 Å². The van der Waals surface area contributed by atoms with Crippen LogP contribution in [0.1, 0.15) is 27.9 Å². The van der Waals surface area contributed by atoms with E-state index in [1.54, 1.807) is 49.6 Å². The summed E-state index contributed by atoms with van der Waals surface area (Å²) in [4.78, 5) is 42.3. The molecule has 0 aliphatic heterocycles. The highest BCUT2D eigenvalue weighted by atomic mass is 127. The van der Waals surface area contributed by atoms with Gasteiger partial charge in [0.05, 0.1) is 37.0 Å². The molecule has 5 rings (SSSR count). The van der Waals surface area contributed by atoms with E-state index in [-0.39, 0.29) is 49.6 Å². The number of aliphatic hydroxyl groups excluding tert-OH is 3. The Morgan fingerprint density at radius 2 is 1.82 bits per heavy atom. The number of amides is 2. The van der Waals surface area contributed by atoms with Crippen molar-refractivity contribution in [3.05, 3.63) is 109 Å². The number of rotatable bonds is 13. The highest BCUT2D eigenvalue weighted by molar-refractivity contribution is 14.1. The number of ether oxygens (including phenoxy) is 3. The van der Waals surface area contributed by atoms with Crippen molar-refractivity contribution in [2.75, 3.05) is 33.9 Å². The van der Waals surface area contributed by atoms with Crippen molar-refractivity contribution in [3.8, 4) is 17.2 Å². The monoisotopic (exact) mass is 784 g/mol. The van der Waals surface area contributed by atoms with Gasteiger partial charge in [-0.3, -0.25) is 9.59 Å². The predicted molar refractivity (Wildman–Crippen MR) is 189 cm³/mol. The van der Waals surface area contributed by atoms with Crippen LogP contribution in [-0.4, -0.2) is 84.2 Å². The Kier molecular flexibility index (Phi) is 11.9. The number of nitrogens with zero attached hydrogens (tertiary/aromatic N) is 1. The third kappa shape index (κ3) is 8.24. The number of fused-ring (bicyclic) bond motifs is 1. The molecule has 0 radical (unpaired) electrons. The number of carbonyl (C=O) groups is 2. The molecular formula is C36H37IN2O10.